The van der Waals surface area contributed by atoms with Gasteiger partial charge in [0.05, 0.1) is 11.6 Å². The fourth-order valence-electron chi connectivity index (χ4n) is 3.93. The van der Waals surface area contributed by atoms with Crippen LogP contribution in [0.5, 0.6) is 0 Å². The molecule has 2 aliphatic heterocycles. The van der Waals surface area contributed by atoms with Gasteiger partial charge in [-0.15, -0.1) is 35.3 Å². The molecule has 0 saturated carbocycles. The van der Waals surface area contributed by atoms with E-state index in [4.69, 9.17) is 9.73 Å². The topological polar surface area (TPSA) is 49.8 Å². The summed E-state index contributed by atoms with van der Waals surface area (Å²) in [5.41, 5.74) is 0.345. The first-order valence-corrected chi connectivity index (χ1v) is 10.6. The fourth-order valence-corrected chi connectivity index (χ4v) is 4.78. The predicted molar refractivity (Wildman–Crippen MR) is 120 cm³/mol. The van der Waals surface area contributed by atoms with E-state index < -0.39 is 0 Å². The number of nitrogens with zero attached hydrogens (tertiary/aromatic N) is 3. The molecule has 1 atom stereocenters. The number of likely N-dealkylation sites (tertiary alicyclic amines) is 1. The van der Waals surface area contributed by atoms with E-state index in [1.807, 2.05) is 17.5 Å². The second kappa shape index (κ2) is 10.8. The Morgan fingerprint density at radius 2 is 2.23 bits per heavy atom. The van der Waals surface area contributed by atoms with Crippen molar-refractivity contribution in [3.63, 3.8) is 0 Å². The van der Waals surface area contributed by atoms with Crippen molar-refractivity contribution < 1.29 is 4.74 Å². The van der Waals surface area contributed by atoms with Crippen molar-refractivity contribution in [1.29, 1.82) is 0 Å². The van der Waals surface area contributed by atoms with Crippen LogP contribution in [0.15, 0.2) is 11.2 Å². The largest absolute Gasteiger partial charge is 0.381 e. The molecule has 1 aromatic heterocycles. The maximum absolute atomic E-state index is 5.81. The lowest BCUT2D eigenvalue weighted by atomic mass is 9.76. The van der Waals surface area contributed by atoms with E-state index in [2.05, 4.69) is 29.0 Å². The number of aryl methyl sites for hydroxylation is 1. The quantitative estimate of drug-likeness (QED) is 0.387. The molecule has 0 bridgehead atoms. The molecule has 1 N–H and O–H groups in total. The molecule has 1 spiro atoms. The minimum atomic E-state index is 0. The normalized spacial score (nSPS) is 23.8. The summed E-state index contributed by atoms with van der Waals surface area (Å²) in [6, 6.07) is 0. The average molecular weight is 492 g/mol. The zero-order valence-electron chi connectivity index (χ0n) is 16.1. The van der Waals surface area contributed by atoms with Gasteiger partial charge in [-0.1, -0.05) is 6.92 Å². The molecular weight excluding hydrogens is 459 g/mol. The molecule has 26 heavy (non-hydrogen) atoms. The van der Waals surface area contributed by atoms with Gasteiger partial charge in [-0.3, -0.25) is 4.99 Å². The standard InChI is InChI=1S/C19H32N4OS.HI/c1-3-16-13-22-17(25-16)7-10-21-18(20-4-2)23-11-5-8-19(14-23)9-6-12-24-15-19;/h13H,3-12,14-15H2,1-2H3,(H,20,21);1H. The van der Waals surface area contributed by atoms with Gasteiger partial charge in [0.15, 0.2) is 5.96 Å². The highest BCUT2D eigenvalue weighted by molar-refractivity contribution is 14.0. The maximum Gasteiger partial charge on any atom is 0.193 e. The van der Waals surface area contributed by atoms with Crippen LogP contribution in [-0.4, -0.2) is 55.2 Å². The van der Waals surface area contributed by atoms with Crippen LogP contribution in [0.25, 0.3) is 0 Å². The monoisotopic (exact) mass is 492 g/mol. The minimum Gasteiger partial charge on any atom is -0.381 e. The predicted octanol–water partition coefficient (Wildman–Crippen LogP) is 3.72. The Kier molecular flexibility index (Phi) is 9.09. The molecular formula is C19H33IN4OS. The SMILES string of the molecule is CCNC(=NCCc1ncc(CC)s1)N1CCCC2(CCCOC2)C1.I. The van der Waals surface area contributed by atoms with E-state index >= 15 is 0 Å². The Bertz CT molecular complexity index is 566. The van der Waals surface area contributed by atoms with Crippen molar-refractivity contribution in [3.05, 3.63) is 16.1 Å². The maximum atomic E-state index is 5.81. The van der Waals surface area contributed by atoms with Crippen molar-refractivity contribution >= 4 is 41.3 Å². The number of guanidine groups is 1. The molecule has 2 saturated heterocycles. The van der Waals surface area contributed by atoms with E-state index in [-0.39, 0.29) is 24.0 Å². The smallest absolute Gasteiger partial charge is 0.193 e. The van der Waals surface area contributed by atoms with E-state index in [0.717, 1.165) is 58.2 Å². The average Bonchev–Trinajstić information content (AvgIpc) is 3.10. The number of aliphatic imine (C=N–C) groups is 1. The van der Waals surface area contributed by atoms with Gasteiger partial charge in [-0.25, -0.2) is 4.98 Å². The number of aromatic nitrogens is 1. The first-order chi connectivity index (χ1) is 12.2. The van der Waals surface area contributed by atoms with Gasteiger partial charge in [0, 0.05) is 55.7 Å². The van der Waals surface area contributed by atoms with Gasteiger partial charge < -0.3 is 15.0 Å². The molecule has 5 nitrogen and oxygen atoms in total. The third-order valence-electron chi connectivity index (χ3n) is 5.24. The summed E-state index contributed by atoms with van der Waals surface area (Å²) in [6.07, 6.45) is 9.03. The Balaban J connectivity index is 0.00000243. The first-order valence-electron chi connectivity index (χ1n) is 9.79. The number of ether oxygens (including phenoxy) is 1. The lowest BCUT2D eigenvalue weighted by Gasteiger charge is -2.45. The minimum absolute atomic E-state index is 0. The van der Waals surface area contributed by atoms with E-state index in [1.165, 1.54) is 35.6 Å². The molecule has 2 fully saturated rings. The first kappa shape index (κ1) is 21.9. The van der Waals surface area contributed by atoms with Crippen LogP contribution < -0.4 is 5.32 Å². The Labute approximate surface area is 179 Å². The van der Waals surface area contributed by atoms with Crippen molar-refractivity contribution in [2.75, 3.05) is 39.4 Å². The van der Waals surface area contributed by atoms with Crippen molar-refractivity contribution in [2.45, 2.75) is 52.4 Å². The molecule has 3 heterocycles. The van der Waals surface area contributed by atoms with Gasteiger partial charge in [0.25, 0.3) is 0 Å². The van der Waals surface area contributed by atoms with Crippen LogP contribution in [0.4, 0.5) is 0 Å². The molecule has 2 aliphatic rings. The molecule has 3 rings (SSSR count). The molecule has 0 aromatic carbocycles. The van der Waals surface area contributed by atoms with Gasteiger partial charge in [-0.05, 0) is 39.0 Å². The summed E-state index contributed by atoms with van der Waals surface area (Å²) in [5.74, 6) is 1.07. The summed E-state index contributed by atoms with van der Waals surface area (Å²) in [4.78, 5) is 13.2. The van der Waals surface area contributed by atoms with Crippen LogP contribution in [0.3, 0.4) is 0 Å². The van der Waals surface area contributed by atoms with Gasteiger partial charge in [0.1, 0.15) is 0 Å². The third kappa shape index (κ3) is 5.79. The molecule has 1 unspecified atom stereocenters. The molecule has 7 heteroatoms. The van der Waals surface area contributed by atoms with E-state index in [0.29, 0.717) is 5.41 Å². The second-order valence-electron chi connectivity index (χ2n) is 7.24. The van der Waals surface area contributed by atoms with E-state index in [9.17, 15) is 0 Å². The van der Waals surface area contributed by atoms with Crippen LogP contribution in [0.1, 0.15) is 49.4 Å². The molecule has 1 aromatic rings. The van der Waals surface area contributed by atoms with Crippen molar-refractivity contribution in [2.24, 2.45) is 10.4 Å². The molecule has 0 amide bonds. The second-order valence-corrected chi connectivity index (χ2v) is 8.44. The molecule has 0 aliphatic carbocycles. The number of hydrogen-bond acceptors (Lipinski definition) is 4. The van der Waals surface area contributed by atoms with Crippen molar-refractivity contribution in [1.82, 2.24) is 15.2 Å². The Morgan fingerprint density at radius 3 is 2.92 bits per heavy atom. The lowest BCUT2D eigenvalue weighted by molar-refractivity contribution is -0.0370. The molecule has 148 valence electrons. The highest BCUT2D eigenvalue weighted by Gasteiger charge is 2.38. The molecule has 0 radical (unpaired) electrons. The highest BCUT2D eigenvalue weighted by atomic mass is 127. The van der Waals surface area contributed by atoms with Crippen LogP contribution in [0.2, 0.25) is 0 Å². The van der Waals surface area contributed by atoms with Crippen molar-refractivity contribution in [3.8, 4) is 0 Å². The summed E-state index contributed by atoms with van der Waals surface area (Å²) < 4.78 is 5.81. The Morgan fingerprint density at radius 1 is 1.38 bits per heavy atom. The summed E-state index contributed by atoms with van der Waals surface area (Å²) >= 11 is 1.82. The zero-order chi connectivity index (χ0) is 17.5. The van der Waals surface area contributed by atoms with Crippen LogP contribution in [0, 0.1) is 5.41 Å². The summed E-state index contributed by atoms with van der Waals surface area (Å²) in [5, 5.41) is 4.70. The van der Waals surface area contributed by atoms with E-state index in [1.54, 1.807) is 0 Å². The lowest BCUT2D eigenvalue weighted by Crippen LogP contribution is -2.53. The number of piperidine rings is 1. The number of nitrogens with one attached hydrogen (secondary N) is 1. The number of halogens is 1. The highest BCUT2D eigenvalue weighted by Crippen LogP contribution is 2.37. The van der Waals surface area contributed by atoms with Gasteiger partial charge in [-0.2, -0.15) is 0 Å². The van der Waals surface area contributed by atoms with Crippen LogP contribution >= 0.6 is 35.3 Å². The third-order valence-corrected chi connectivity index (χ3v) is 6.44. The van der Waals surface area contributed by atoms with Crippen LogP contribution in [-0.2, 0) is 17.6 Å². The zero-order valence-corrected chi connectivity index (χ0v) is 19.3. The number of rotatable bonds is 5. The number of hydrogen-bond donors (Lipinski definition) is 1. The van der Waals surface area contributed by atoms with Gasteiger partial charge >= 0.3 is 0 Å². The fraction of sp³-hybridized carbons (Fsp3) is 0.789. The number of thiazole rings is 1. The summed E-state index contributed by atoms with van der Waals surface area (Å²) in [6.45, 7) is 10.1. The summed E-state index contributed by atoms with van der Waals surface area (Å²) in [7, 11) is 0. The Hall–Kier alpha value is -0.410. The van der Waals surface area contributed by atoms with Gasteiger partial charge in [0.2, 0.25) is 0 Å².